The summed E-state index contributed by atoms with van der Waals surface area (Å²) in [5, 5.41) is 0. The Kier molecular flexibility index (Phi) is 3.63. The fourth-order valence-electron chi connectivity index (χ4n) is 2.61. The summed E-state index contributed by atoms with van der Waals surface area (Å²) in [6.45, 7) is 14.3. The fraction of sp³-hybridized carbons (Fsp3) is 1.00. The van der Waals surface area contributed by atoms with Crippen LogP contribution in [0.15, 0.2) is 0 Å². The maximum Gasteiger partial charge on any atom is 0.0125 e. The summed E-state index contributed by atoms with van der Waals surface area (Å²) >= 11 is 0. The van der Waals surface area contributed by atoms with Crippen molar-refractivity contribution in [2.45, 2.75) is 65.8 Å². The van der Waals surface area contributed by atoms with Crippen molar-refractivity contribution >= 4 is 0 Å². The number of hydrogen-bond donors (Lipinski definition) is 0. The molecule has 0 atom stereocenters. The number of hydrogen-bond acceptors (Lipinski definition) is 1. The van der Waals surface area contributed by atoms with Crippen molar-refractivity contribution in [3.63, 3.8) is 0 Å². The van der Waals surface area contributed by atoms with E-state index in [9.17, 15) is 0 Å². The van der Waals surface area contributed by atoms with Gasteiger partial charge in [-0.05, 0) is 52.1 Å². The van der Waals surface area contributed by atoms with Crippen LogP contribution in [0.4, 0.5) is 0 Å². The summed E-state index contributed by atoms with van der Waals surface area (Å²) in [6, 6.07) is 0. The lowest BCUT2D eigenvalue weighted by molar-refractivity contribution is 0.0381. The molecule has 0 saturated carbocycles. The van der Waals surface area contributed by atoms with E-state index in [1.54, 1.807) is 0 Å². The third kappa shape index (κ3) is 2.50. The fourth-order valence-corrected chi connectivity index (χ4v) is 2.61. The van der Waals surface area contributed by atoms with Crippen LogP contribution < -0.4 is 0 Å². The minimum absolute atomic E-state index is 0.369. The van der Waals surface area contributed by atoms with Crippen molar-refractivity contribution in [1.29, 1.82) is 0 Å². The van der Waals surface area contributed by atoms with E-state index in [1.807, 2.05) is 0 Å². The van der Waals surface area contributed by atoms with Gasteiger partial charge in [-0.3, -0.25) is 4.90 Å². The summed E-state index contributed by atoms with van der Waals surface area (Å²) < 4.78 is 0. The molecule has 0 aliphatic carbocycles. The van der Waals surface area contributed by atoms with Gasteiger partial charge in [0, 0.05) is 5.54 Å². The molecule has 0 N–H and O–H groups in total. The largest absolute Gasteiger partial charge is 0.298 e. The first-order chi connectivity index (χ1) is 6.43. The SMILES string of the molecule is CCC1(CC)CCN(C(C)(C)C)CC1. The lowest BCUT2D eigenvalue weighted by Gasteiger charge is -2.46. The lowest BCUT2D eigenvalue weighted by atomic mass is 9.73. The Morgan fingerprint density at radius 3 is 1.71 bits per heavy atom. The van der Waals surface area contributed by atoms with Gasteiger partial charge in [0.25, 0.3) is 0 Å². The molecule has 1 fully saturated rings. The zero-order valence-electron chi connectivity index (χ0n) is 10.7. The minimum atomic E-state index is 0.369. The molecule has 14 heavy (non-hydrogen) atoms. The first-order valence-electron chi connectivity index (χ1n) is 6.18. The van der Waals surface area contributed by atoms with Gasteiger partial charge in [-0.15, -0.1) is 0 Å². The van der Waals surface area contributed by atoms with Gasteiger partial charge in [0.05, 0.1) is 0 Å². The van der Waals surface area contributed by atoms with E-state index < -0.39 is 0 Å². The Morgan fingerprint density at radius 2 is 1.43 bits per heavy atom. The van der Waals surface area contributed by atoms with Gasteiger partial charge in [-0.1, -0.05) is 26.7 Å². The Labute approximate surface area is 89.9 Å². The predicted octanol–water partition coefficient (Wildman–Crippen LogP) is 3.69. The lowest BCUT2D eigenvalue weighted by Crippen LogP contribution is -2.48. The van der Waals surface area contributed by atoms with E-state index in [4.69, 9.17) is 0 Å². The summed E-state index contributed by atoms with van der Waals surface area (Å²) in [5.74, 6) is 0. The summed E-state index contributed by atoms with van der Waals surface area (Å²) in [4.78, 5) is 2.64. The van der Waals surface area contributed by atoms with Crippen LogP contribution in [0.25, 0.3) is 0 Å². The topological polar surface area (TPSA) is 3.24 Å². The standard InChI is InChI=1S/C13H27N/c1-6-13(7-2)8-10-14(11-9-13)12(3,4)5/h6-11H2,1-5H3. The highest BCUT2D eigenvalue weighted by Gasteiger charge is 2.34. The van der Waals surface area contributed by atoms with Crippen LogP contribution in [-0.4, -0.2) is 23.5 Å². The molecule has 1 aliphatic rings. The van der Waals surface area contributed by atoms with Gasteiger partial charge in [0.2, 0.25) is 0 Å². The summed E-state index contributed by atoms with van der Waals surface area (Å²) in [5.41, 5.74) is 1.04. The molecule has 1 heterocycles. The number of piperidine rings is 1. The molecule has 1 aliphatic heterocycles. The molecular formula is C13H27N. The summed E-state index contributed by atoms with van der Waals surface area (Å²) in [6.07, 6.45) is 5.53. The maximum absolute atomic E-state index is 2.64. The number of nitrogens with zero attached hydrogens (tertiary/aromatic N) is 1. The summed E-state index contributed by atoms with van der Waals surface area (Å²) in [7, 11) is 0. The van der Waals surface area contributed by atoms with E-state index in [2.05, 4.69) is 39.5 Å². The highest BCUT2D eigenvalue weighted by atomic mass is 15.2. The second-order valence-corrected chi connectivity index (χ2v) is 5.86. The van der Waals surface area contributed by atoms with E-state index in [-0.39, 0.29) is 0 Å². The highest BCUT2D eigenvalue weighted by molar-refractivity contribution is 4.88. The average Bonchev–Trinajstić information content (AvgIpc) is 2.16. The first kappa shape index (κ1) is 12.0. The molecule has 1 nitrogen and oxygen atoms in total. The monoisotopic (exact) mass is 197 g/mol. The van der Waals surface area contributed by atoms with Crippen molar-refractivity contribution in [2.75, 3.05) is 13.1 Å². The quantitative estimate of drug-likeness (QED) is 0.652. The maximum atomic E-state index is 2.64. The Bertz CT molecular complexity index is 164. The van der Waals surface area contributed by atoms with Gasteiger partial charge < -0.3 is 0 Å². The van der Waals surface area contributed by atoms with E-state index in [0.29, 0.717) is 11.0 Å². The number of likely N-dealkylation sites (tertiary alicyclic amines) is 1. The molecular weight excluding hydrogens is 170 g/mol. The first-order valence-corrected chi connectivity index (χ1v) is 6.18. The van der Waals surface area contributed by atoms with Crippen molar-refractivity contribution < 1.29 is 0 Å². The van der Waals surface area contributed by atoms with E-state index in [1.165, 1.54) is 38.8 Å². The second kappa shape index (κ2) is 4.22. The van der Waals surface area contributed by atoms with E-state index in [0.717, 1.165) is 0 Å². The van der Waals surface area contributed by atoms with E-state index >= 15 is 0 Å². The van der Waals surface area contributed by atoms with Crippen LogP contribution in [0.5, 0.6) is 0 Å². The second-order valence-electron chi connectivity index (χ2n) is 5.86. The molecule has 0 radical (unpaired) electrons. The molecule has 0 aromatic rings. The highest BCUT2D eigenvalue weighted by Crippen LogP contribution is 2.39. The van der Waals surface area contributed by atoms with Crippen LogP contribution in [0.2, 0.25) is 0 Å². The van der Waals surface area contributed by atoms with Crippen LogP contribution in [-0.2, 0) is 0 Å². The van der Waals surface area contributed by atoms with Gasteiger partial charge in [-0.2, -0.15) is 0 Å². The zero-order chi connectivity index (χ0) is 10.8. The third-order valence-electron chi connectivity index (χ3n) is 4.27. The Balaban J connectivity index is 2.53. The molecule has 0 unspecified atom stereocenters. The Hall–Kier alpha value is -0.0400. The smallest absolute Gasteiger partial charge is 0.0125 e. The molecule has 0 aromatic carbocycles. The molecule has 0 bridgehead atoms. The van der Waals surface area contributed by atoms with Gasteiger partial charge in [0.15, 0.2) is 0 Å². The molecule has 0 aromatic heterocycles. The van der Waals surface area contributed by atoms with Crippen molar-refractivity contribution in [3.8, 4) is 0 Å². The van der Waals surface area contributed by atoms with Crippen molar-refractivity contribution in [2.24, 2.45) is 5.41 Å². The van der Waals surface area contributed by atoms with Crippen molar-refractivity contribution in [1.82, 2.24) is 4.90 Å². The molecule has 1 saturated heterocycles. The normalized spacial score (nSPS) is 23.8. The Morgan fingerprint density at radius 1 is 1.00 bits per heavy atom. The van der Waals surface area contributed by atoms with Gasteiger partial charge in [-0.25, -0.2) is 0 Å². The van der Waals surface area contributed by atoms with Crippen molar-refractivity contribution in [3.05, 3.63) is 0 Å². The molecule has 0 amide bonds. The average molecular weight is 197 g/mol. The van der Waals surface area contributed by atoms with Crippen LogP contribution >= 0.6 is 0 Å². The molecule has 0 spiro atoms. The van der Waals surface area contributed by atoms with Crippen LogP contribution in [0.1, 0.15) is 60.3 Å². The van der Waals surface area contributed by atoms with Crippen LogP contribution in [0.3, 0.4) is 0 Å². The molecule has 1 heteroatoms. The zero-order valence-corrected chi connectivity index (χ0v) is 10.7. The minimum Gasteiger partial charge on any atom is -0.298 e. The number of rotatable bonds is 2. The molecule has 1 rings (SSSR count). The van der Waals surface area contributed by atoms with Gasteiger partial charge >= 0.3 is 0 Å². The predicted molar refractivity (Wildman–Crippen MR) is 63.6 cm³/mol. The third-order valence-corrected chi connectivity index (χ3v) is 4.27. The van der Waals surface area contributed by atoms with Crippen LogP contribution in [0, 0.1) is 5.41 Å². The molecule has 84 valence electrons. The van der Waals surface area contributed by atoms with Gasteiger partial charge in [0.1, 0.15) is 0 Å².